The average Bonchev–Trinajstić information content (AvgIpc) is 2.48. The van der Waals surface area contributed by atoms with E-state index in [9.17, 15) is 0 Å². The normalized spacial score (nSPS) is 36.3. The molecule has 0 radical (unpaired) electrons. The Bertz CT molecular complexity index is 242. The second kappa shape index (κ2) is 10.3. The van der Waals surface area contributed by atoms with E-state index in [1.165, 1.54) is 34.5 Å². The van der Waals surface area contributed by atoms with Crippen molar-refractivity contribution < 1.29 is 0 Å². The summed E-state index contributed by atoms with van der Waals surface area (Å²) in [4.78, 5) is 0. The molecular formula is C12H22S7. The molecule has 0 N–H and O–H groups in total. The quantitative estimate of drug-likeness (QED) is 0.656. The van der Waals surface area contributed by atoms with Crippen molar-refractivity contribution in [1.82, 2.24) is 0 Å². The van der Waals surface area contributed by atoms with Crippen molar-refractivity contribution in [2.24, 2.45) is 0 Å². The van der Waals surface area contributed by atoms with Crippen LogP contribution in [0.4, 0.5) is 0 Å². The first kappa shape index (κ1) is 17.8. The van der Waals surface area contributed by atoms with Gasteiger partial charge in [-0.2, -0.15) is 84.1 Å². The Morgan fingerprint density at radius 1 is 0.789 bits per heavy atom. The van der Waals surface area contributed by atoms with Crippen LogP contribution in [0.25, 0.3) is 0 Å². The van der Waals surface area contributed by atoms with E-state index < -0.39 is 0 Å². The lowest BCUT2D eigenvalue weighted by Crippen LogP contribution is -2.27. The van der Waals surface area contributed by atoms with Crippen LogP contribution in [-0.2, 0) is 0 Å². The van der Waals surface area contributed by atoms with Crippen LogP contribution in [0, 0.1) is 0 Å². The minimum absolute atomic E-state index is 0.781. The minimum Gasteiger partial charge on any atom is -0.178 e. The second-order valence-electron chi connectivity index (χ2n) is 4.73. The van der Waals surface area contributed by atoms with Gasteiger partial charge in [-0.25, -0.2) is 0 Å². The maximum Gasteiger partial charge on any atom is 0.0232 e. The maximum atomic E-state index is 4.44. The predicted molar refractivity (Wildman–Crippen MR) is 110 cm³/mol. The zero-order chi connectivity index (χ0) is 13.5. The Labute approximate surface area is 150 Å². The van der Waals surface area contributed by atoms with Crippen molar-refractivity contribution in [2.45, 2.75) is 21.0 Å². The van der Waals surface area contributed by atoms with Crippen molar-refractivity contribution in [3.8, 4) is 0 Å². The first-order chi connectivity index (χ1) is 9.31. The van der Waals surface area contributed by atoms with E-state index >= 15 is 0 Å². The molecule has 4 unspecified atom stereocenters. The van der Waals surface area contributed by atoms with Gasteiger partial charge in [-0.3, -0.25) is 0 Å². The van der Waals surface area contributed by atoms with E-state index in [0.29, 0.717) is 0 Å². The lowest BCUT2D eigenvalue weighted by Gasteiger charge is -2.29. The van der Waals surface area contributed by atoms with Gasteiger partial charge >= 0.3 is 0 Å². The fourth-order valence-corrected chi connectivity index (χ4v) is 10.9. The number of hydrogen-bond acceptors (Lipinski definition) is 7. The van der Waals surface area contributed by atoms with Gasteiger partial charge in [0, 0.05) is 67.0 Å². The van der Waals surface area contributed by atoms with Gasteiger partial charge in [0.2, 0.25) is 0 Å². The number of hydrogen-bond donors (Lipinski definition) is 2. The molecule has 2 aliphatic heterocycles. The van der Waals surface area contributed by atoms with Crippen LogP contribution in [0.15, 0.2) is 0 Å². The van der Waals surface area contributed by atoms with E-state index in [1.807, 2.05) is 0 Å². The van der Waals surface area contributed by atoms with Gasteiger partial charge in [0.1, 0.15) is 0 Å². The molecule has 2 saturated heterocycles. The summed E-state index contributed by atoms with van der Waals surface area (Å²) in [6.45, 7) is 0. The van der Waals surface area contributed by atoms with Crippen LogP contribution in [0.5, 0.6) is 0 Å². The minimum atomic E-state index is 0.781. The summed E-state index contributed by atoms with van der Waals surface area (Å²) in [5, 5.41) is 3.29. The Balaban J connectivity index is 1.56. The van der Waals surface area contributed by atoms with Gasteiger partial charge < -0.3 is 0 Å². The van der Waals surface area contributed by atoms with Crippen LogP contribution in [0.3, 0.4) is 0 Å². The zero-order valence-electron chi connectivity index (χ0n) is 10.9. The SMILES string of the molecule is SCC1CSC(CSCC2CSCC(CS)S2)CS1. The van der Waals surface area contributed by atoms with Crippen LogP contribution in [-0.4, -0.2) is 67.0 Å². The molecule has 0 bridgehead atoms. The highest BCUT2D eigenvalue weighted by atomic mass is 32.2. The molecule has 112 valence electrons. The van der Waals surface area contributed by atoms with Gasteiger partial charge in [-0.15, -0.1) is 0 Å². The summed E-state index contributed by atoms with van der Waals surface area (Å²) in [6, 6.07) is 0. The van der Waals surface area contributed by atoms with Gasteiger partial charge in [0.15, 0.2) is 0 Å². The molecule has 7 heteroatoms. The van der Waals surface area contributed by atoms with Gasteiger partial charge in [-0.05, 0) is 0 Å². The summed E-state index contributed by atoms with van der Waals surface area (Å²) < 4.78 is 0. The second-order valence-corrected chi connectivity index (χ2v) is 11.9. The Morgan fingerprint density at radius 3 is 2.11 bits per heavy atom. The van der Waals surface area contributed by atoms with Crippen LogP contribution in [0.1, 0.15) is 0 Å². The van der Waals surface area contributed by atoms with Crippen molar-refractivity contribution in [3.05, 3.63) is 0 Å². The molecule has 2 fully saturated rings. The third-order valence-corrected chi connectivity index (χ3v) is 12.5. The standard InChI is InChI=1S/C12H22S7/c13-1-9-7-18-11(8-17-9)4-16-6-12-5-15-3-10(2-14)19-12/h9-14H,1-8H2. The lowest BCUT2D eigenvalue weighted by molar-refractivity contribution is 1.04. The Hall–Kier alpha value is 2.45. The molecule has 0 amide bonds. The third kappa shape index (κ3) is 6.61. The third-order valence-electron chi connectivity index (χ3n) is 3.04. The number of rotatable bonds is 6. The Kier molecular flexibility index (Phi) is 9.62. The summed E-state index contributed by atoms with van der Waals surface area (Å²) >= 11 is 19.6. The smallest absolute Gasteiger partial charge is 0.0232 e. The predicted octanol–water partition coefficient (Wildman–Crippen LogP) is 4.01. The van der Waals surface area contributed by atoms with Crippen molar-refractivity contribution in [2.75, 3.05) is 46.0 Å². The highest BCUT2D eigenvalue weighted by Gasteiger charge is 2.24. The number of thiol groups is 2. The molecule has 2 heterocycles. The lowest BCUT2D eigenvalue weighted by atomic mass is 10.5. The summed E-state index contributed by atoms with van der Waals surface area (Å²) in [7, 11) is 0. The summed E-state index contributed by atoms with van der Waals surface area (Å²) in [5.74, 6) is 10.0. The van der Waals surface area contributed by atoms with E-state index in [2.05, 4.69) is 84.1 Å². The molecule has 0 spiro atoms. The number of thioether (sulfide) groups is 5. The van der Waals surface area contributed by atoms with E-state index in [4.69, 9.17) is 0 Å². The van der Waals surface area contributed by atoms with Gasteiger partial charge in [0.05, 0.1) is 0 Å². The summed E-state index contributed by atoms with van der Waals surface area (Å²) in [5.41, 5.74) is 0. The van der Waals surface area contributed by atoms with E-state index in [1.54, 1.807) is 0 Å². The molecule has 0 aromatic heterocycles. The molecule has 2 rings (SSSR count). The monoisotopic (exact) mass is 390 g/mol. The fraction of sp³-hybridized carbons (Fsp3) is 1.00. The molecule has 4 atom stereocenters. The van der Waals surface area contributed by atoms with E-state index in [0.717, 1.165) is 32.5 Å². The van der Waals surface area contributed by atoms with Gasteiger partial charge in [0.25, 0.3) is 0 Å². The van der Waals surface area contributed by atoms with Crippen molar-refractivity contribution >= 4 is 84.1 Å². The molecule has 0 nitrogen and oxygen atoms in total. The van der Waals surface area contributed by atoms with E-state index in [-0.39, 0.29) is 0 Å². The molecule has 19 heavy (non-hydrogen) atoms. The van der Waals surface area contributed by atoms with Crippen molar-refractivity contribution in [3.63, 3.8) is 0 Å². The average molecular weight is 391 g/mol. The Morgan fingerprint density at radius 2 is 1.42 bits per heavy atom. The highest BCUT2D eigenvalue weighted by Crippen LogP contribution is 2.35. The molecule has 0 aliphatic carbocycles. The molecule has 2 aliphatic rings. The van der Waals surface area contributed by atoms with Crippen molar-refractivity contribution in [1.29, 1.82) is 0 Å². The summed E-state index contributed by atoms with van der Waals surface area (Å²) in [6.07, 6.45) is 0. The first-order valence-corrected chi connectivity index (χ1v) is 13.2. The fourth-order valence-electron chi connectivity index (χ4n) is 1.98. The van der Waals surface area contributed by atoms with Gasteiger partial charge in [-0.1, -0.05) is 0 Å². The molecule has 0 aromatic rings. The van der Waals surface area contributed by atoms with Crippen LogP contribution in [0.2, 0.25) is 0 Å². The first-order valence-electron chi connectivity index (χ1n) is 6.57. The van der Waals surface area contributed by atoms with Crippen LogP contribution < -0.4 is 0 Å². The largest absolute Gasteiger partial charge is 0.178 e. The maximum absolute atomic E-state index is 4.44. The topological polar surface area (TPSA) is 0 Å². The highest BCUT2D eigenvalue weighted by molar-refractivity contribution is 8.09. The van der Waals surface area contributed by atoms with Crippen LogP contribution >= 0.6 is 84.1 Å². The zero-order valence-corrected chi connectivity index (χ0v) is 16.8. The molecular weight excluding hydrogens is 369 g/mol. The molecule has 0 aromatic carbocycles. The molecule has 0 saturated carbocycles.